The average molecular weight is 474 g/mol. The molecule has 0 aromatic carbocycles. The molecule has 0 fully saturated rings. The van der Waals surface area contributed by atoms with Gasteiger partial charge in [-0.1, -0.05) is 31.9 Å². The number of carbonyl (C=O) groups is 4. The van der Waals surface area contributed by atoms with Crippen molar-refractivity contribution in [3.63, 3.8) is 0 Å². The van der Waals surface area contributed by atoms with Crippen LogP contribution in [0, 0.1) is 0 Å². The molecule has 0 aliphatic heterocycles. The van der Waals surface area contributed by atoms with E-state index in [1.54, 1.807) is 0 Å². The van der Waals surface area contributed by atoms with E-state index >= 15 is 0 Å². The molecule has 0 aliphatic rings. The van der Waals surface area contributed by atoms with Crippen molar-refractivity contribution in [3.05, 3.63) is 0 Å². The van der Waals surface area contributed by atoms with E-state index in [1.807, 2.05) is 0 Å². The van der Waals surface area contributed by atoms with E-state index < -0.39 is 0 Å². The Labute approximate surface area is 160 Å². The van der Waals surface area contributed by atoms with Crippen LogP contribution in [-0.2, 0) is 28.7 Å². The minimum absolute atomic E-state index is 0.0971. The highest BCUT2D eigenvalue weighted by molar-refractivity contribution is 9.10. The van der Waals surface area contributed by atoms with Crippen molar-refractivity contribution in [3.8, 4) is 0 Å². The number of hydrogen-bond acceptors (Lipinski definition) is 6. The van der Waals surface area contributed by atoms with Gasteiger partial charge in [0, 0.05) is 19.3 Å². The van der Waals surface area contributed by atoms with E-state index in [0.29, 0.717) is 37.4 Å². The van der Waals surface area contributed by atoms with Gasteiger partial charge in [0.05, 0.1) is 24.4 Å². The Hall–Kier alpha value is -0.760. The number of methoxy groups -OCH3 is 2. The fraction of sp³-hybridized carbons (Fsp3) is 0.750. The van der Waals surface area contributed by atoms with Gasteiger partial charge in [0.25, 0.3) is 0 Å². The van der Waals surface area contributed by atoms with E-state index in [0.717, 1.165) is 12.8 Å². The Bertz CT molecular complexity index is 377. The summed E-state index contributed by atoms with van der Waals surface area (Å²) in [4.78, 5) is 42.6. The van der Waals surface area contributed by atoms with Crippen LogP contribution in [0.5, 0.6) is 0 Å². The fourth-order valence-electron chi connectivity index (χ4n) is 1.49. The number of carbonyl (C=O) groups excluding carboxylic acids is 4. The summed E-state index contributed by atoms with van der Waals surface area (Å²) < 4.78 is 8.90. The first-order valence-electron chi connectivity index (χ1n) is 7.64. The molecule has 24 heavy (non-hydrogen) atoms. The smallest absolute Gasteiger partial charge is 0.305 e. The topological polar surface area (TPSA) is 86.7 Å². The Morgan fingerprint density at radius 2 is 1.33 bits per heavy atom. The standard InChI is InChI=1S/2C8H13BrO3/c1-6(10)7(9)4-3-5-8(11)12-2;1-12-8(11)5-3-2-4-7(10)6-9/h7H,3-5H2,1-2H3;2-6H2,1H3. The van der Waals surface area contributed by atoms with Crippen molar-refractivity contribution < 1.29 is 28.7 Å². The average Bonchev–Trinajstić information content (AvgIpc) is 2.58. The maximum Gasteiger partial charge on any atom is 0.305 e. The maximum absolute atomic E-state index is 10.8. The van der Waals surface area contributed by atoms with Crippen LogP contribution in [0.1, 0.15) is 51.9 Å². The van der Waals surface area contributed by atoms with Crippen molar-refractivity contribution in [1.29, 1.82) is 0 Å². The molecule has 0 aliphatic carbocycles. The van der Waals surface area contributed by atoms with Gasteiger partial charge in [0.1, 0.15) is 11.6 Å². The minimum atomic E-state index is -0.224. The second-order valence-corrected chi connectivity index (χ2v) is 6.67. The van der Waals surface area contributed by atoms with Crippen LogP contribution in [0.3, 0.4) is 0 Å². The molecular weight excluding hydrogens is 448 g/mol. The molecule has 1 atom stereocenters. The van der Waals surface area contributed by atoms with Crippen LogP contribution in [0.15, 0.2) is 0 Å². The van der Waals surface area contributed by atoms with Crippen LogP contribution >= 0.6 is 31.9 Å². The second-order valence-electron chi connectivity index (χ2n) is 5.00. The fourth-order valence-corrected chi connectivity index (χ4v) is 2.10. The van der Waals surface area contributed by atoms with Gasteiger partial charge in [-0.25, -0.2) is 0 Å². The summed E-state index contributed by atoms with van der Waals surface area (Å²) in [6.07, 6.45) is 4.19. The Morgan fingerprint density at radius 3 is 1.75 bits per heavy atom. The van der Waals surface area contributed by atoms with E-state index in [2.05, 4.69) is 41.3 Å². The third-order valence-electron chi connectivity index (χ3n) is 2.97. The number of unbranched alkanes of at least 4 members (excludes halogenated alkanes) is 1. The lowest BCUT2D eigenvalue weighted by Crippen LogP contribution is -2.10. The molecular formula is C16H26Br2O6. The molecule has 6 nitrogen and oxygen atoms in total. The first kappa shape index (κ1) is 25.5. The van der Waals surface area contributed by atoms with E-state index in [-0.39, 0.29) is 28.3 Å². The molecule has 0 spiro atoms. The van der Waals surface area contributed by atoms with Gasteiger partial charge in [-0.15, -0.1) is 0 Å². The number of rotatable bonds is 11. The number of esters is 2. The molecule has 0 N–H and O–H groups in total. The zero-order valence-electron chi connectivity index (χ0n) is 14.4. The third-order valence-corrected chi connectivity index (χ3v) is 4.70. The van der Waals surface area contributed by atoms with Crippen LogP contribution in [0.25, 0.3) is 0 Å². The molecule has 0 radical (unpaired) electrons. The van der Waals surface area contributed by atoms with Crippen LogP contribution in [0.4, 0.5) is 0 Å². The van der Waals surface area contributed by atoms with E-state index in [4.69, 9.17) is 0 Å². The van der Waals surface area contributed by atoms with Crippen LogP contribution in [0.2, 0.25) is 0 Å². The van der Waals surface area contributed by atoms with Gasteiger partial charge < -0.3 is 9.47 Å². The van der Waals surface area contributed by atoms with Crippen molar-refractivity contribution in [1.82, 2.24) is 0 Å². The summed E-state index contributed by atoms with van der Waals surface area (Å²) in [6.45, 7) is 1.53. The van der Waals surface area contributed by atoms with Crippen molar-refractivity contribution in [2.75, 3.05) is 19.5 Å². The molecule has 0 saturated heterocycles. The number of alkyl halides is 2. The summed E-state index contributed by atoms with van der Waals surface area (Å²) in [6, 6.07) is 0. The molecule has 8 heteroatoms. The van der Waals surface area contributed by atoms with Gasteiger partial charge in [-0.05, 0) is 32.6 Å². The van der Waals surface area contributed by atoms with Crippen molar-refractivity contribution in [2.24, 2.45) is 0 Å². The van der Waals surface area contributed by atoms with Gasteiger partial charge in [0.2, 0.25) is 0 Å². The summed E-state index contributed by atoms with van der Waals surface area (Å²) in [5.41, 5.74) is 0. The molecule has 0 amide bonds. The summed E-state index contributed by atoms with van der Waals surface area (Å²) in [5.74, 6) is -0.153. The second kappa shape index (κ2) is 17.1. The highest BCUT2D eigenvalue weighted by Gasteiger charge is 2.10. The Morgan fingerprint density at radius 1 is 0.875 bits per heavy atom. The lowest BCUT2D eigenvalue weighted by atomic mass is 10.1. The van der Waals surface area contributed by atoms with Crippen molar-refractivity contribution >= 4 is 55.4 Å². The summed E-state index contributed by atoms with van der Waals surface area (Å²) in [7, 11) is 2.73. The first-order chi connectivity index (χ1) is 11.3. The van der Waals surface area contributed by atoms with E-state index in [1.165, 1.54) is 21.1 Å². The van der Waals surface area contributed by atoms with Crippen LogP contribution in [-0.4, -0.2) is 47.9 Å². The predicted molar refractivity (Wildman–Crippen MR) is 98.5 cm³/mol. The highest BCUT2D eigenvalue weighted by atomic mass is 79.9. The zero-order chi connectivity index (χ0) is 19.0. The minimum Gasteiger partial charge on any atom is -0.469 e. The van der Waals surface area contributed by atoms with Gasteiger partial charge >= 0.3 is 11.9 Å². The Balaban J connectivity index is 0. The van der Waals surface area contributed by atoms with Crippen LogP contribution < -0.4 is 0 Å². The first-order valence-corrected chi connectivity index (χ1v) is 9.68. The molecule has 0 bridgehead atoms. The number of Topliss-reactive ketones (excluding diaryl/α,β-unsaturated/α-hetero) is 2. The molecule has 0 saturated carbocycles. The van der Waals surface area contributed by atoms with E-state index in [9.17, 15) is 19.2 Å². The third kappa shape index (κ3) is 17.6. The highest BCUT2D eigenvalue weighted by Crippen LogP contribution is 2.10. The van der Waals surface area contributed by atoms with Gasteiger partial charge in [-0.2, -0.15) is 0 Å². The Kier molecular flexibility index (Phi) is 18.1. The lowest BCUT2D eigenvalue weighted by Gasteiger charge is -2.03. The van der Waals surface area contributed by atoms with Gasteiger partial charge in [-0.3, -0.25) is 19.2 Å². The maximum atomic E-state index is 10.8. The van der Waals surface area contributed by atoms with Crippen molar-refractivity contribution in [2.45, 2.75) is 56.7 Å². The quantitative estimate of drug-likeness (QED) is 0.260. The number of hydrogen-bond donors (Lipinski definition) is 0. The zero-order valence-corrected chi connectivity index (χ0v) is 17.6. The SMILES string of the molecule is COC(=O)CCCC(Br)C(C)=O.COC(=O)CCCCC(=O)CBr. The molecule has 1 unspecified atom stereocenters. The molecule has 0 rings (SSSR count). The molecule has 0 aromatic rings. The number of ketones is 2. The number of ether oxygens (including phenoxy) is 2. The largest absolute Gasteiger partial charge is 0.469 e. The predicted octanol–water partition coefficient (Wildman–Crippen LogP) is 3.37. The molecule has 140 valence electrons. The number of halogens is 2. The van der Waals surface area contributed by atoms with Gasteiger partial charge in [0.15, 0.2) is 0 Å². The summed E-state index contributed by atoms with van der Waals surface area (Å²) >= 11 is 6.28. The lowest BCUT2D eigenvalue weighted by molar-refractivity contribution is -0.141. The summed E-state index contributed by atoms with van der Waals surface area (Å²) in [5, 5.41) is 0.408. The molecule has 0 aromatic heterocycles. The normalized spacial score (nSPS) is 10.9. The molecule has 0 heterocycles. The monoisotopic (exact) mass is 472 g/mol.